The second-order valence-electron chi connectivity index (χ2n) is 7.46. The zero-order valence-corrected chi connectivity index (χ0v) is 18.8. The summed E-state index contributed by atoms with van der Waals surface area (Å²) in [6.07, 6.45) is -1.25. The molecule has 0 bridgehead atoms. The Balaban J connectivity index is 2.20. The number of pyridine rings is 1. The van der Waals surface area contributed by atoms with E-state index in [0.717, 1.165) is 16.0 Å². The number of nitrogens with zero attached hydrogens (tertiary/aromatic N) is 3. The molecule has 0 saturated carbocycles. The lowest BCUT2D eigenvalue weighted by Gasteiger charge is -2.23. The van der Waals surface area contributed by atoms with Crippen molar-refractivity contribution in [1.29, 1.82) is 0 Å². The predicted molar refractivity (Wildman–Crippen MR) is 129 cm³/mol. The lowest BCUT2D eigenvalue weighted by molar-refractivity contribution is -0.383. The van der Waals surface area contributed by atoms with Crippen LogP contribution in [0.1, 0.15) is 31.0 Å². The van der Waals surface area contributed by atoms with E-state index in [1.807, 2.05) is 60.7 Å². The summed E-state index contributed by atoms with van der Waals surface area (Å²) >= 11 is 0. The van der Waals surface area contributed by atoms with Crippen molar-refractivity contribution in [1.82, 2.24) is 4.98 Å². The van der Waals surface area contributed by atoms with Crippen LogP contribution in [0.25, 0.3) is 0 Å². The Hall–Kier alpha value is -4.47. The number of nitrogens with one attached hydrogen (secondary N) is 2. The monoisotopic (exact) mass is 463 g/mol. The molecule has 3 N–H and O–H groups in total. The molecule has 0 aliphatic rings. The van der Waals surface area contributed by atoms with Crippen molar-refractivity contribution in [2.75, 3.05) is 28.6 Å². The molecule has 0 fully saturated rings. The van der Waals surface area contributed by atoms with Gasteiger partial charge in [-0.15, -0.1) is 0 Å². The van der Waals surface area contributed by atoms with Crippen LogP contribution < -0.4 is 15.5 Å². The molecule has 1 aromatic heterocycles. The molecule has 0 saturated heterocycles. The SMILES string of the molecule is CCN(C(=O)O)c1cc(NC(c2ccccc2)c2ccccc2)c([N+](=O)[O-])c(NCC(C)=O)n1. The second kappa shape index (κ2) is 10.9. The number of amides is 1. The van der Waals surface area contributed by atoms with E-state index in [4.69, 9.17) is 0 Å². The van der Waals surface area contributed by atoms with Gasteiger partial charge in [-0.2, -0.15) is 0 Å². The molecule has 176 valence electrons. The molecule has 34 heavy (non-hydrogen) atoms. The lowest BCUT2D eigenvalue weighted by atomic mass is 9.98. The van der Waals surface area contributed by atoms with Crippen LogP contribution in [-0.4, -0.2) is 40.0 Å². The topological polar surface area (TPSA) is 138 Å². The molecule has 2 aromatic carbocycles. The first-order valence-electron chi connectivity index (χ1n) is 10.6. The minimum Gasteiger partial charge on any atom is -0.465 e. The molecule has 10 heteroatoms. The van der Waals surface area contributed by atoms with E-state index in [2.05, 4.69) is 15.6 Å². The van der Waals surface area contributed by atoms with Crippen molar-refractivity contribution < 1.29 is 19.6 Å². The van der Waals surface area contributed by atoms with Gasteiger partial charge in [0.15, 0.2) is 0 Å². The van der Waals surface area contributed by atoms with Crippen molar-refractivity contribution in [2.45, 2.75) is 19.9 Å². The average Bonchev–Trinajstić information content (AvgIpc) is 2.82. The van der Waals surface area contributed by atoms with Gasteiger partial charge in [-0.1, -0.05) is 60.7 Å². The fourth-order valence-electron chi connectivity index (χ4n) is 3.49. The molecule has 0 aliphatic carbocycles. The van der Waals surface area contributed by atoms with E-state index in [1.54, 1.807) is 6.92 Å². The summed E-state index contributed by atoms with van der Waals surface area (Å²) in [5.41, 5.74) is 1.39. The first kappa shape index (κ1) is 24.2. The number of carboxylic acid groups (broad SMARTS) is 1. The smallest absolute Gasteiger partial charge is 0.413 e. The van der Waals surface area contributed by atoms with E-state index in [0.29, 0.717) is 0 Å². The number of nitro groups is 1. The van der Waals surface area contributed by atoms with Crippen molar-refractivity contribution in [3.8, 4) is 0 Å². The van der Waals surface area contributed by atoms with Crippen molar-refractivity contribution in [2.24, 2.45) is 0 Å². The second-order valence-corrected chi connectivity index (χ2v) is 7.46. The zero-order valence-electron chi connectivity index (χ0n) is 18.8. The predicted octanol–water partition coefficient (Wildman–Crippen LogP) is 4.70. The van der Waals surface area contributed by atoms with Gasteiger partial charge in [0.05, 0.1) is 17.5 Å². The number of ketones is 1. The van der Waals surface area contributed by atoms with Gasteiger partial charge in [-0.3, -0.25) is 19.8 Å². The summed E-state index contributed by atoms with van der Waals surface area (Å²) in [5.74, 6) is -0.457. The maximum atomic E-state index is 12.1. The van der Waals surface area contributed by atoms with E-state index < -0.39 is 17.1 Å². The Morgan fingerprint density at radius 1 is 1.09 bits per heavy atom. The lowest BCUT2D eigenvalue weighted by Crippen LogP contribution is -2.30. The maximum absolute atomic E-state index is 12.1. The van der Waals surface area contributed by atoms with E-state index in [9.17, 15) is 24.8 Å². The maximum Gasteiger partial charge on any atom is 0.413 e. The third-order valence-electron chi connectivity index (χ3n) is 5.06. The van der Waals surface area contributed by atoms with Gasteiger partial charge in [0.2, 0.25) is 5.82 Å². The van der Waals surface area contributed by atoms with Gasteiger partial charge in [0, 0.05) is 12.6 Å². The molecule has 1 heterocycles. The Kier molecular flexibility index (Phi) is 7.75. The van der Waals surface area contributed by atoms with Crippen LogP contribution >= 0.6 is 0 Å². The van der Waals surface area contributed by atoms with Crippen LogP contribution in [0.4, 0.5) is 27.8 Å². The quantitative estimate of drug-likeness (QED) is 0.291. The molecule has 10 nitrogen and oxygen atoms in total. The molecular formula is C24H25N5O5. The van der Waals surface area contributed by atoms with E-state index >= 15 is 0 Å². The average molecular weight is 463 g/mol. The van der Waals surface area contributed by atoms with Crippen LogP contribution in [0, 0.1) is 10.1 Å². The van der Waals surface area contributed by atoms with Gasteiger partial charge < -0.3 is 15.7 Å². The number of hydrogen-bond acceptors (Lipinski definition) is 7. The van der Waals surface area contributed by atoms with Gasteiger partial charge in [-0.05, 0) is 25.0 Å². The molecule has 0 spiro atoms. The van der Waals surface area contributed by atoms with Crippen molar-refractivity contribution in [3.63, 3.8) is 0 Å². The Bertz CT molecular complexity index is 1130. The molecular weight excluding hydrogens is 438 g/mol. The number of Topliss-reactive ketones (excluding diaryl/α,β-unsaturated/α-hetero) is 1. The minimum atomic E-state index is -1.25. The minimum absolute atomic E-state index is 0.00553. The van der Waals surface area contributed by atoms with Gasteiger partial charge in [0.25, 0.3) is 0 Å². The summed E-state index contributed by atoms with van der Waals surface area (Å²) < 4.78 is 0. The third-order valence-corrected chi connectivity index (χ3v) is 5.06. The van der Waals surface area contributed by atoms with Crippen LogP contribution in [-0.2, 0) is 4.79 Å². The van der Waals surface area contributed by atoms with Gasteiger partial charge >= 0.3 is 11.8 Å². The fourth-order valence-corrected chi connectivity index (χ4v) is 3.49. The standard InChI is InChI=1S/C24H25N5O5/c1-3-28(24(31)32)20-14-19(22(29(33)34)23(27-20)25-15-16(2)30)26-21(17-10-6-4-7-11-17)18-12-8-5-9-13-18/h4-14,21H,3,15H2,1-2H3,(H,31,32)(H2,25,26,27). The molecule has 3 rings (SSSR count). The highest BCUT2D eigenvalue weighted by Crippen LogP contribution is 2.38. The van der Waals surface area contributed by atoms with Crippen molar-refractivity contribution >= 4 is 34.9 Å². The molecule has 1 amide bonds. The van der Waals surface area contributed by atoms with Crippen molar-refractivity contribution in [3.05, 3.63) is 88.0 Å². The first-order valence-corrected chi connectivity index (χ1v) is 10.6. The van der Waals surface area contributed by atoms with Gasteiger partial charge in [-0.25, -0.2) is 9.78 Å². The largest absolute Gasteiger partial charge is 0.465 e. The number of carbonyl (C=O) groups excluding carboxylic acids is 1. The fraction of sp³-hybridized carbons (Fsp3) is 0.208. The number of rotatable bonds is 10. The van der Waals surface area contributed by atoms with Gasteiger partial charge in [0.1, 0.15) is 17.3 Å². The molecule has 0 unspecified atom stereocenters. The Morgan fingerprint density at radius 2 is 1.65 bits per heavy atom. The molecule has 3 aromatic rings. The molecule has 0 radical (unpaired) electrons. The summed E-state index contributed by atoms with van der Waals surface area (Å²) in [7, 11) is 0. The highest BCUT2D eigenvalue weighted by molar-refractivity contribution is 5.89. The number of benzene rings is 2. The van der Waals surface area contributed by atoms with E-state index in [1.165, 1.54) is 13.0 Å². The highest BCUT2D eigenvalue weighted by Gasteiger charge is 2.28. The third kappa shape index (κ3) is 5.66. The van der Waals surface area contributed by atoms with Crippen LogP contribution in [0.15, 0.2) is 66.7 Å². The number of hydrogen-bond donors (Lipinski definition) is 3. The van der Waals surface area contributed by atoms with Crippen LogP contribution in [0.3, 0.4) is 0 Å². The Labute approximate surface area is 196 Å². The summed E-state index contributed by atoms with van der Waals surface area (Å²) in [6, 6.07) is 19.6. The normalized spacial score (nSPS) is 10.6. The molecule has 0 atom stereocenters. The summed E-state index contributed by atoms with van der Waals surface area (Å²) in [5, 5.41) is 27.6. The number of anilines is 3. The zero-order chi connectivity index (χ0) is 24.7. The summed E-state index contributed by atoms with van der Waals surface area (Å²) in [4.78, 5) is 39.9. The van der Waals surface area contributed by atoms with E-state index in [-0.39, 0.29) is 41.9 Å². The Morgan fingerprint density at radius 3 is 2.09 bits per heavy atom. The highest BCUT2D eigenvalue weighted by atomic mass is 16.6. The van der Waals surface area contributed by atoms with Crippen LogP contribution in [0.2, 0.25) is 0 Å². The number of carbonyl (C=O) groups is 2. The molecule has 0 aliphatic heterocycles. The summed E-state index contributed by atoms with van der Waals surface area (Å²) in [6.45, 7) is 2.84. The first-order chi connectivity index (χ1) is 16.3. The van der Waals surface area contributed by atoms with Crippen LogP contribution in [0.5, 0.6) is 0 Å². The number of aromatic nitrogens is 1.